The van der Waals surface area contributed by atoms with Crippen LogP contribution in [0.15, 0.2) is 45.8 Å². The van der Waals surface area contributed by atoms with Crippen molar-refractivity contribution in [1.29, 1.82) is 0 Å². The van der Waals surface area contributed by atoms with E-state index in [0.29, 0.717) is 24.7 Å². The van der Waals surface area contributed by atoms with E-state index < -0.39 is 0 Å². The molecule has 0 bridgehead atoms. The Balaban J connectivity index is 1.52. The van der Waals surface area contributed by atoms with E-state index in [4.69, 9.17) is 9.47 Å². The molecule has 0 saturated carbocycles. The summed E-state index contributed by atoms with van der Waals surface area (Å²) < 4.78 is 11.1. The molecule has 1 saturated heterocycles. The fraction of sp³-hybridized carbons (Fsp3) is 0.294. The van der Waals surface area contributed by atoms with Crippen molar-refractivity contribution in [2.45, 2.75) is 0 Å². The molecule has 0 radical (unpaired) electrons. The van der Waals surface area contributed by atoms with Crippen molar-refractivity contribution in [3.05, 3.63) is 46.4 Å². The fourth-order valence-corrected chi connectivity index (χ4v) is 3.65. The highest BCUT2D eigenvalue weighted by atomic mass is 32.2. The number of nitrogens with zero attached hydrogens (tertiary/aromatic N) is 2. The number of amidine groups is 1. The summed E-state index contributed by atoms with van der Waals surface area (Å²) in [6, 6.07) is 7.88. The first-order valence-electron chi connectivity index (χ1n) is 7.57. The van der Waals surface area contributed by atoms with E-state index in [-0.39, 0.29) is 5.91 Å². The highest BCUT2D eigenvalue weighted by Gasteiger charge is 2.27. The van der Waals surface area contributed by atoms with Crippen LogP contribution in [0.2, 0.25) is 0 Å². The molecule has 0 aromatic heterocycles. The topological polar surface area (TPSA) is 51.1 Å². The van der Waals surface area contributed by atoms with Crippen LogP contribution in [0, 0.1) is 0 Å². The van der Waals surface area contributed by atoms with Gasteiger partial charge in [0.2, 0.25) is 0 Å². The average molecular weight is 328 g/mol. The SMILES string of the molecule is O=C1N=C(N2CCOCC2)S/C1=C\C1=Cc2ccccc2OC1. The van der Waals surface area contributed by atoms with Crippen molar-refractivity contribution in [2.75, 3.05) is 32.9 Å². The van der Waals surface area contributed by atoms with E-state index >= 15 is 0 Å². The number of para-hydroxylation sites is 1. The monoisotopic (exact) mass is 328 g/mol. The predicted molar refractivity (Wildman–Crippen MR) is 90.4 cm³/mol. The highest BCUT2D eigenvalue weighted by molar-refractivity contribution is 8.18. The molecule has 6 heteroatoms. The molecule has 0 spiro atoms. The second-order valence-electron chi connectivity index (χ2n) is 5.46. The van der Waals surface area contributed by atoms with Crippen LogP contribution in [0.4, 0.5) is 0 Å². The van der Waals surface area contributed by atoms with Crippen LogP contribution < -0.4 is 4.74 Å². The number of thioether (sulfide) groups is 1. The minimum atomic E-state index is -0.170. The lowest BCUT2D eigenvalue weighted by Crippen LogP contribution is -2.38. The molecule has 0 unspecified atom stereocenters. The Labute approximate surface area is 138 Å². The Kier molecular flexibility index (Phi) is 3.93. The minimum absolute atomic E-state index is 0.170. The van der Waals surface area contributed by atoms with Crippen molar-refractivity contribution in [3.8, 4) is 5.75 Å². The number of rotatable bonds is 1. The first kappa shape index (κ1) is 14.5. The van der Waals surface area contributed by atoms with E-state index in [2.05, 4.69) is 16.0 Å². The second-order valence-corrected chi connectivity index (χ2v) is 6.46. The lowest BCUT2D eigenvalue weighted by molar-refractivity contribution is -0.113. The highest BCUT2D eigenvalue weighted by Crippen LogP contribution is 2.32. The lowest BCUT2D eigenvalue weighted by atomic mass is 10.1. The van der Waals surface area contributed by atoms with E-state index in [1.54, 1.807) is 0 Å². The van der Waals surface area contributed by atoms with E-state index in [0.717, 1.165) is 35.1 Å². The molecule has 23 heavy (non-hydrogen) atoms. The number of benzene rings is 1. The van der Waals surface area contributed by atoms with Crippen LogP contribution in [0.25, 0.3) is 6.08 Å². The van der Waals surface area contributed by atoms with Crippen LogP contribution in [0.1, 0.15) is 5.56 Å². The largest absolute Gasteiger partial charge is 0.488 e. The van der Waals surface area contributed by atoms with E-state index in [1.165, 1.54) is 11.8 Å². The number of hydrogen-bond acceptors (Lipinski definition) is 5. The summed E-state index contributed by atoms with van der Waals surface area (Å²) in [5.41, 5.74) is 2.02. The molecule has 118 valence electrons. The van der Waals surface area contributed by atoms with Gasteiger partial charge in [0, 0.05) is 18.7 Å². The lowest BCUT2D eigenvalue weighted by Gasteiger charge is -2.27. The van der Waals surface area contributed by atoms with E-state index in [1.807, 2.05) is 30.3 Å². The summed E-state index contributed by atoms with van der Waals surface area (Å²) in [6.07, 6.45) is 3.95. The zero-order valence-electron chi connectivity index (χ0n) is 12.5. The number of morpholine rings is 1. The summed E-state index contributed by atoms with van der Waals surface area (Å²) in [5.74, 6) is 0.710. The molecule has 1 aromatic carbocycles. The van der Waals surface area contributed by atoms with Crippen LogP contribution in [-0.2, 0) is 9.53 Å². The Morgan fingerprint density at radius 3 is 2.91 bits per heavy atom. The van der Waals surface area contributed by atoms with E-state index in [9.17, 15) is 4.79 Å². The molecule has 5 nitrogen and oxygen atoms in total. The van der Waals surface area contributed by atoms with Gasteiger partial charge in [-0.15, -0.1) is 0 Å². The number of carbonyl (C=O) groups is 1. The van der Waals surface area contributed by atoms with Gasteiger partial charge in [0.1, 0.15) is 12.4 Å². The number of carbonyl (C=O) groups excluding carboxylic acids is 1. The molecule has 1 fully saturated rings. The molecule has 0 atom stereocenters. The third-order valence-corrected chi connectivity index (χ3v) is 4.91. The third-order valence-electron chi connectivity index (χ3n) is 3.86. The van der Waals surface area contributed by atoms with Gasteiger partial charge in [0.15, 0.2) is 5.17 Å². The summed E-state index contributed by atoms with van der Waals surface area (Å²) in [6.45, 7) is 3.41. The summed E-state index contributed by atoms with van der Waals surface area (Å²) >= 11 is 1.44. The van der Waals surface area contributed by atoms with Gasteiger partial charge in [-0.2, -0.15) is 4.99 Å². The molecule has 3 aliphatic rings. The number of amides is 1. The standard InChI is InChI=1S/C17H16N2O3S/c20-16-15(23-17(18-16)19-5-7-21-8-6-19)10-12-9-13-3-1-2-4-14(13)22-11-12/h1-4,9-10H,5-8,11H2/b15-10-. The van der Waals surface area contributed by atoms with Gasteiger partial charge in [-0.25, -0.2) is 0 Å². The Hall–Kier alpha value is -2.05. The zero-order valence-corrected chi connectivity index (χ0v) is 13.3. The van der Waals surface area contributed by atoms with Crippen molar-refractivity contribution < 1.29 is 14.3 Å². The van der Waals surface area contributed by atoms with Gasteiger partial charge in [0.25, 0.3) is 5.91 Å². The molecule has 0 N–H and O–H groups in total. The molecular formula is C17H16N2O3S. The number of hydrogen-bond donors (Lipinski definition) is 0. The van der Waals surface area contributed by atoms with Crippen molar-refractivity contribution >= 4 is 28.9 Å². The average Bonchev–Trinajstić information content (AvgIpc) is 2.96. The number of ether oxygens (including phenoxy) is 2. The Morgan fingerprint density at radius 1 is 1.22 bits per heavy atom. The summed E-state index contributed by atoms with van der Waals surface area (Å²) in [7, 11) is 0. The van der Waals surface area contributed by atoms with Crippen molar-refractivity contribution in [1.82, 2.24) is 4.90 Å². The maximum absolute atomic E-state index is 12.1. The zero-order chi connectivity index (χ0) is 15.6. The molecule has 4 rings (SSSR count). The fourth-order valence-electron chi connectivity index (χ4n) is 2.67. The van der Waals surface area contributed by atoms with Gasteiger partial charge in [-0.3, -0.25) is 4.79 Å². The maximum atomic E-state index is 12.1. The van der Waals surface area contributed by atoms with Gasteiger partial charge in [0.05, 0.1) is 18.1 Å². The molecule has 3 aliphatic heterocycles. The first-order chi connectivity index (χ1) is 11.3. The van der Waals surface area contributed by atoms with Crippen LogP contribution >= 0.6 is 11.8 Å². The second kappa shape index (κ2) is 6.22. The normalized spacial score (nSPS) is 22.5. The molecular weight excluding hydrogens is 312 g/mol. The van der Waals surface area contributed by atoms with Gasteiger partial charge < -0.3 is 14.4 Å². The number of aliphatic imine (C=N–C) groups is 1. The Bertz CT molecular complexity index is 733. The minimum Gasteiger partial charge on any atom is -0.488 e. The third kappa shape index (κ3) is 3.04. The molecule has 1 amide bonds. The molecule has 3 heterocycles. The van der Waals surface area contributed by atoms with Gasteiger partial charge in [-0.1, -0.05) is 18.2 Å². The van der Waals surface area contributed by atoms with Crippen molar-refractivity contribution in [2.24, 2.45) is 4.99 Å². The predicted octanol–water partition coefficient (Wildman–Crippen LogP) is 2.31. The van der Waals surface area contributed by atoms with Crippen LogP contribution in [0.5, 0.6) is 5.75 Å². The smallest absolute Gasteiger partial charge is 0.286 e. The number of fused-ring (bicyclic) bond motifs is 1. The summed E-state index contributed by atoms with van der Waals surface area (Å²) in [4.78, 5) is 19.1. The summed E-state index contributed by atoms with van der Waals surface area (Å²) in [5, 5.41) is 0.780. The van der Waals surface area contributed by atoms with Gasteiger partial charge in [-0.05, 0) is 35.6 Å². The van der Waals surface area contributed by atoms with Crippen LogP contribution in [-0.4, -0.2) is 48.9 Å². The quantitative estimate of drug-likeness (QED) is 0.741. The van der Waals surface area contributed by atoms with Crippen LogP contribution in [0.3, 0.4) is 0 Å². The molecule has 0 aliphatic carbocycles. The first-order valence-corrected chi connectivity index (χ1v) is 8.39. The maximum Gasteiger partial charge on any atom is 0.286 e. The van der Waals surface area contributed by atoms with Crippen molar-refractivity contribution in [3.63, 3.8) is 0 Å². The molecule has 1 aromatic rings. The Morgan fingerprint density at radius 2 is 2.04 bits per heavy atom. The van der Waals surface area contributed by atoms with Gasteiger partial charge >= 0.3 is 0 Å².